The Balaban J connectivity index is 2.34. The number of hydrogen-bond acceptors (Lipinski definition) is 3. The average Bonchev–Trinajstić information content (AvgIpc) is 2.39. The van der Waals surface area contributed by atoms with E-state index in [2.05, 4.69) is 5.32 Å². The Bertz CT molecular complexity index is 631. The van der Waals surface area contributed by atoms with Crippen LogP contribution in [0.1, 0.15) is 17.3 Å². The molecule has 0 aromatic heterocycles. The third-order valence-electron chi connectivity index (χ3n) is 2.61. The first-order chi connectivity index (χ1) is 9.60. The second-order valence-corrected chi connectivity index (χ2v) is 5.29. The molecule has 5 heteroatoms. The van der Waals surface area contributed by atoms with Crippen molar-refractivity contribution in [2.45, 2.75) is 16.7 Å². The Hall–Kier alpha value is -2.01. The molecule has 104 valence electrons. The maximum atomic E-state index is 13.2. The lowest BCUT2D eigenvalue weighted by Gasteiger charge is -2.10. The van der Waals surface area contributed by atoms with E-state index in [1.807, 2.05) is 6.92 Å². The summed E-state index contributed by atoms with van der Waals surface area (Å²) in [5.74, 6) is -0.468. The number of hydrogen-bond donors (Lipinski definition) is 2. The third kappa shape index (κ3) is 3.51. The highest BCUT2D eigenvalue weighted by molar-refractivity contribution is 7.99. The van der Waals surface area contributed by atoms with Crippen LogP contribution in [-0.2, 0) is 0 Å². The van der Waals surface area contributed by atoms with E-state index in [1.165, 1.54) is 23.9 Å². The van der Waals surface area contributed by atoms with Gasteiger partial charge in [0, 0.05) is 22.0 Å². The fraction of sp³-hybridized carbons (Fsp3) is 0.133. The van der Waals surface area contributed by atoms with Gasteiger partial charge in [-0.25, -0.2) is 4.39 Å². The zero-order valence-electron chi connectivity index (χ0n) is 11.0. The summed E-state index contributed by atoms with van der Waals surface area (Å²) in [6.45, 7) is 2.40. The highest BCUT2D eigenvalue weighted by atomic mass is 32.2. The van der Waals surface area contributed by atoms with Crippen LogP contribution in [-0.4, -0.2) is 12.5 Å². The van der Waals surface area contributed by atoms with Crippen molar-refractivity contribution in [2.75, 3.05) is 12.3 Å². The van der Waals surface area contributed by atoms with Crippen LogP contribution in [0.25, 0.3) is 0 Å². The molecule has 3 nitrogen and oxygen atoms in total. The maximum absolute atomic E-state index is 13.2. The lowest BCUT2D eigenvalue weighted by Crippen LogP contribution is -2.23. The van der Waals surface area contributed by atoms with Gasteiger partial charge in [-0.15, -0.1) is 0 Å². The van der Waals surface area contributed by atoms with Crippen molar-refractivity contribution in [2.24, 2.45) is 0 Å². The molecular weight excluding hydrogens is 275 g/mol. The van der Waals surface area contributed by atoms with Gasteiger partial charge in [0.2, 0.25) is 0 Å². The van der Waals surface area contributed by atoms with E-state index >= 15 is 0 Å². The number of anilines is 1. The van der Waals surface area contributed by atoms with Gasteiger partial charge in [-0.2, -0.15) is 0 Å². The molecule has 0 atom stereocenters. The molecule has 2 rings (SSSR count). The molecule has 1 amide bonds. The fourth-order valence-corrected chi connectivity index (χ4v) is 2.76. The SMILES string of the molecule is CCNC(=O)c1ccc(N)cc1Sc1cccc(F)c1. The largest absolute Gasteiger partial charge is 0.399 e. The summed E-state index contributed by atoms with van der Waals surface area (Å²) in [4.78, 5) is 13.4. The number of rotatable bonds is 4. The van der Waals surface area contributed by atoms with Crippen LogP contribution >= 0.6 is 11.8 Å². The van der Waals surface area contributed by atoms with E-state index in [-0.39, 0.29) is 11.7 Å². The number of nitrogen functional groups attached to an aromatic ring is 1. The Morgan fingerprint density at radius 3 is 2.80 bits per heavy atom. The number of halogens is 1. The lowest BCUT2D eigenvalue weighted by atomic mass is 10.2. The second-order valence-electron chi connectivity index (χ2n) is 4.17. The molecule has 0 aliphatic rings. The quantitative estimate of drug-likeness (QED) is 0.849. The first-order valence-electron chi connectivity index (χ1n) is 6.21. The number of carbonyl (C=O) groups excluding carboxylic acids is 1. The average molecular weight is 290 g/mol. The minimum atomic E-state index is -0.307. The lowest BCUT2D eigenvalue weighted by molar-refractivity contribution is 0.0953. The van der Waals surface area contributed by atoms with Gasteiger partial charge >= 0.3 is 0 Å². The Kier molecular flexibility index (Phi) is 4.63. The smallest absolute Gasteiger partial charge is 0.252 e. The van der Waals surface area contributed by atoms with Gasteiger partial charge in [-0.05, 0) is 43.3 Å². The molecule has 0 aliphatic heterocycles. The molecular formula is C15H15FN2OS. The summed E-state index contributed by atoms with van der Waals surface area (Å²) in [6, 6.07) is 11.3. The van der Waals surface area contributed by atoms with Crippen LogP contribution in [0.4, 0.5) is 10.1 Å². The highest BCUT2D eigenvalue weighted by Crippen LogP contribution is 2.32. The third-order valence-corrected chi connectivity index (χ3v) is 3.66. The summed E-state index contributed by atoms with van der Waals surface area (Å²) in [7, 11) is 0. The van der Waals surface area contributed by atoms with Gasteiger partial charge in [0.1, 0.15) is 5.82 Å². The summed E-state index contributed by atoms with van der Waals surface area (Å²) in [5.41, 5.74) is 6.87. The van der Waals surface area contributed by atoms with Crippen molar-refractivity contribution in [3.8, 4) is 0 Å². The second kappa shape index (κ2) is 6.43. The number of nitrogens with one attached hydrogen (secondary N) is 1. The molecule has 2 aromatic rings. The van der Waals surface area contributed by atoms with Crippen molar-refractivity contribution < 1.29 is 9.18 Å². The van der Waals surface area contributed by atoms with E-state index in [9.17, 15) is 9.18 Å². The van der Waals surface area contributed by atoms with Crippen LogP contribution in [0.5, 0.6) is 0 Å². The zero-order chi connectivity index (χ0) is 14.5. The van der Waals surface area contributed by atoms with E-state index in [1.54, 1.807) is 30.3 Å². The fourth-order valence-electron chi connectivity index (χ4n) is 1.72. The van der Waals surface area contributed by atoms with Crippen molar-refractivity contribution in [1.29, 1.82) is 0 Å². The van der Waals surface area contributed by atoms with Crippen LogP contribution < -0.4 is 11.1 Å². The molecule has 0 aliphatic carbocycles. The standard InChI is InChI=1S/C15H15FN2OS/c1-2-18-15(19)13-7-6-11(17)9-14(13)20-12-5-3-4-10(16)8-12/h3-9H,2,17H2,1H3,(H,18,19). The predicted molar refractivity (Wildman–Crippen MR) is 79.4 cm³/mol. The number of amides is 1. The number of carbonyl (C=O) groups is 1. The van der Waals surface area contributed by atoms with Gasteiger partial charge in [0.05, 0.1) is 5.56 Å². The Morgan fingerprint density at radius 2 is 2.10 bits per heavy atom. The molecule has 0 spiro atoms. The molecule has 3 N–H and O–H groups in total. The number of nitrogens with two attached hydrogens (primary N) is 1. The molecule has 20 heavy (non-hydrogen) atoms. The minimum absolute atomic E-state index is 0.161. The Labute approximate surface area is 121 Å². The summed E-state index contributed by atoms with van der Waals surface area (Å²) in [6.07, 6.45) is 0. The Morgan fingerprint density at radius 1 is 1.30 bits per heavy atom. The predicted octanol–water partition coefficient (Wildman–Crippen LogP) is 3.31. The maximum Gasteiger partial charge on any atom is 0.252 e. The molecule has 2 aromatic carbocycles. The van der Waals surface area contributed by atoms with E-state index in [4.69, 9.17) is 5.73 Å². The van der Waals surface area contributed by atoms with E-state index < -0.39 is 0 Å². The summed E-state index contributed by atoms with van der Waals surface area (Å²) >= 11 is 1.32. The molecule has 0 radical (unpaired) electrons. The summed E-state index contributed by atoms with van der Waals surface area (Å²) in [5, 5.41) is 2.75. The van der Waals surface area contributed by atoms with Crippen molar-refractivity contribution in [3.05, 3.63) is 53.8 Å². The minimum Gasteiger partial charge on any atom is -0.399 e. The van der Waals surface area contributed by atoms with Crippen molar-refractivity contribution >= 4 is 23.4 Å². The topological polar surface area (TPSA) is 55.1 Å². The van der Waals surface area contributed by atoms with Gasteiger partial charge in [-0.3, -0.25) is 4.79 Å². The first kappa shape index (κ1) is 14.4. The highest BCUT2D eigenvalue weighted by Gasteiger charge is 2.12. The van der Waals surface area contributed by atoms with Crippen molar-refractivity contribution in [3.63, 3.8) is 0 Å². The van der Waals surface area contributed by atoms with Crippen LogP contribution in [0, 0.1) is 5.82 Å². The summed E-state index contributed by atoms with van der Waals surface area (Å²) < 4.78 is 13.2. The molecule has 0 saturated carbocycles. The van der Waals surface area contributed by atoms with Gasteiger partial charge in [0.15, 0.2) is 0 Å². The van der Waals surface area contributed by atoms with Crippen LogP contribution in [0.3, 0.4) is 0 Å². The molecule has 0 saturated heterocycles. The monoisotopic (exact) mass is 290 g/mol. The van der Waals surface area contributed by atoms with Gasteiger partial charge < -0.3 is 11.1 Å². The van der Waals surface area contributed by atoms with Crippen molar-refractivity contribution in [1.82, 2.24) is 5.32 Å². The normalized spacial score (nSPS) is 10.3. The molecule has 0 fully saturated rings. The van der Waals surface area contributed by atoms with Crippen LogP contribution in [0.15, 0.2) is 52.3 Å². The van der Waals surface area contributed by atoms with E-state index in [0.29, 0.717) is 22.7 Å². The van der Waals surface area contributed by atoms with Gasteiger partial charge in [0.25, 0.3) is 5.91 Å². The number of benzene rings is 2. The molecule has 0 heterocycles. The zero-order valence-corrected chi connectivity index (χ0v) is 11.8. The van der Waals surface area contributed by atoms with E-state index in [0.717, 1.165) is 4.90 Å². The molecule has 0 unspecified atom stereocenters. The molecule has 0 bridgehead atoms. The van der Waals surface area contributed by atoms with Crippen LogP contribution in [0.2, 0.25) is 0 Å². The van der Waals surface area contributed by atoms with Gasteiger partial charge in [-0.1, -0.05) is 17.8 Å². The first-order valence-corrected chi connectivity index (χ1v) is 7.03.